The number of hydrogen-bond donors (Lipinski definition) is 0. The predicted molar refractivity (Wildman–Crippen MR) is 68.4 cm³/mol. The molecule has 2 bridgehead atoms. The van der Waals surface area contributed by atoms with Gasteiger partial charge in [-0.1, -0.05) is 18.2 Å². The number of pyridine rings is 1. The van der Waals surface area contributed by atoms with Crippen molar-refractivity contribution in [2.24, 2.45) is 11.8 Å². The summed E-state index contributed by atoms with van der Waals surface area (Å²) in [7, 11) is 0. The third-order valence-electron chi connectivity index (χ3n) is 4.55. The molecule has 4 heterocycles. The van der Waals surface area contributed by atoms with Crippen molar-refractivity contribution in [3.8, 4) is 0 Å². The van der Waals surface area contributed by atoms with Crippen molar-refractivity contribution >= 4 is 11.9 Å². The second kappa shape index (κ2) is 4.14. The van der Waals surface area contributed by atoms with Crippen LogP contribution in [0, 0.1) is 11.8 Å². The van der Waals surface area contributed by atoms with Crippen LogP contribution < -0.4 is 5.11 Å². The van der Waals surface area contributed by atoms with Crippen molar-refractivity contribution in [1.82, 2.24) is 9.88 Å². The van der Waals surface area contributed by atoms with E-state index in [4.69, 9.17) is 4.74 Å². The minimum absolute atomic E-state index is 0.181. The minimum Gasteiger partial charge on any atom is -0.550 e. The Morgan fingerprint density at radius 1 is 1.57 bits per heavy atom. The molecule has 1 aromatic rings. The van der Waals surface area contributed by atoms with E-state index in [2.05, 4.69) is 4.98 Å². The fraction of sp³-hybridized carbons (Fsp3) is 0.400. The normalized spacial score (nSPS) is 36.3. The van der Waals surface area contributed by atoms with Gasteiger partial charge >= 0.3 is 0 Å². The van der Waals surface area contributed by atoms with Crippen molar-refractivity contribution in [2.75, 3.05) is 6.54 Å². The van der Waals surface area contributed by atoms with E-state index in [9.17, 15) is 14.7 Å². The van der Waals surface area contributed by atoms with E-state index < -0.39 is 29.5 Å². The van der Waals surface area contributed by atoms with E-state index in [0.29, 0.717) is 13.1 Å². The molecule has 3 aliphatic rings. The van der Waals surface area contributed by atoms with Gasteiger partial charge in [0.05, 0.1) is 18.6 Å². The Morgan fingerprint density at radius 2 is 2.43 bits per heavy atom. The number of nitrogens with zero attached hydrogens (tertiary/aromatic N) is 2. The van der Waals surface area contributed by atoms with E-state index in [0.717, 1.165) is 5.56 Å². The summed E-state index contributed by atoms with van der Waals surface area (Å²) in [5.41, 5.74) is 0.111. The highest BCUT2D eigenvalue weighted by molar-refractivity contribution is 5.90. The van der Waals surface area contributed by atoms with Crippen LogP contribution in [0.15, 0.2) is 36.7 Å². The molecule has 0 saturated carbocycles. The smallest absolute Gasteiger partial charge is 0.230 e. The van der Waals surface area contributed by atoms with Crippen molar-refractivity contribution in [3.05, 3.63) is 42.2 Å². The number of carboxylic acids is 1. The molecule has 2 saturated heterocycles. The maximum atomic E-state index is 12.6. The molecule has 4 rings (SSSR count). The lowest BCUT2D eigenvalue weighted by atomic mass is 9.77. The third-order valence-corrected chi connectivity index (χ3v) is 4.55. The molecule has 108 valence electrons. The molecule has 0 unspecified atom stereocenters. The van der Waals surface area contributed by atoms with Gasteiger partial charge in [-0.3, -0.25) is 9.78 Å². The molecular weight excluding hydrogens is 272 g/mol. The van der Waals surface area contributed by atoms with Gasteiger partial charge in [-0.2, -0.15) is 0 Å². The fourth-order valence-corrected chi connectivity index (χ4v) is 3.69. The molecule has 3 aliphatic heterocycles. The molecule has 6 nitrogen and oxygen atoms in total. The lowest BCUT2D eigenvalue weighted by molar-refractivity contribution is -0.313. The van der Waals surface area contributed by atoms with Gasteiger partial charge < -0.3 is 19.5 Å². The summed E-state index contributed by atoms with van der Waals surface area (Å²) < 4.78 is 5.79. The van der Waals surface area contributed by atoms with Gasteiger partial charge in [-0.05, 0) is 11.6 Å². The van der Waals surface area contributed by atoms with Gasteiger partial charge in [0.2, 0.25) is 5.91 Å². The second-order valence-electron chi connectivity index (χ2n) is 5.77. The van der Waals surface area contributed by atoms with Crippen LogP contribution >= 0.6 is 0 Å². The largest absolute Gasteiger partial charge is 0.550 e. The van der Waals surface area contributed by atoms with Crippen LogP contribution in [0.25, 0.3) is 0 Å². The number of fused-ring (bicyclic) bond motifs is 1. The van der Waals surface area contributed by atoms with Crippen LogP contribution in [0.3, 0.4) is 0 Å². The Kier molecular flexibility index (Phi) is 2.47. The second-order valence-corrected chi connectivity index (χ2v) is 5.77. The molecule has 0 aromatic carbocycles. The number of hydrogen-bond acceptors (Lipinski definition) is 5. The highest BCUT2D eigenvalue weighted by Crippen LogP contribution is 2.51. The minimum atomic E-state index is -1.21. The quantitative estimate of drug-likeness (QED) is 0.673. The first-order valence-corrected chi connectivity index (χ1v) is 6.86. The van der Waals surface area contributed by atoms with Crippen LogP contribution in [-0.4, -0.2) is 40.0 Å². The molecule has 0 radical (unpaired) electrons. The Balaban J connectivity index is 1.63. The Bertz CT molecular complexity index is 644. The number of aliphatic carboxylic acids is 1. The van der Waals surface area contributed by atoms with Crippen LogP contribution in [0.4, 0.5) is 0 Å². The lowest BCUT2D eigenvalue weighted by Crippen LogP contribution is -2.45. The highest BCUT2D eigenvalue weighted by Gasteiger charge is 2.65. The number of carbonyl (C=O) groups excluding carboxylic acids is 2. The molecule has 4 atom stereocenters. The highest BCUT2D eigenvalue weighted by atomic mass is 16.5. The molecule has 1 spiro atoms. The predicted octanol–water partition coefficient (Wildman–Crippen LogP) is -0.887. The molecule has 1 amide bonds. The van der Waals surface area contributed by atoms with Crippen LogP contribution in [-0.2, 0) is 20.9 Å². The summed E-state index contributed by atoms with van der Waals surface area (Å²) in [5, 5.41) is 11.3. The van der Waals surface area contributed by atoms with Crippen LogP contribution in [0.1, 0.15) is 5.56 Å². The Labute approximate surface area is 121 Å². The van der Waals surface area contributed by atoms with Gasteiger partial charge in [-0.15, -0.1) is 0 Å². The van der Waals surface area contributed by atoms with Crippen molar-refractivity contribution in [1.29, 1.82) is 0 Å². The number of likely N-dealkylation sites (tertiary alicyclic amines) is 1. The molecule has 21 heavy (non-hydrogen) atoms. The number of aromatic nitrogens is 1. The zero-order chi connectivity index (χ0) is 14.6. The van der Waals surface area contributed by atoms with Gasteiger partial charge in [0.25, 0.3) is 0 Å². The maximum Gasteiger partial charge on any atom is 0.230 e. The Hall–Kier alpha value is -2.21. The van der Waals surface area contributed by atoms with E-state index in [-0.39, 0.29) is 5.91 Å². The average Bonchev–Trinajstić information content (AvgIpc) is 3.09. The first kappa shape index (κ1) is 12.5. The topological polar surface area (TPSA) is 82.6 Å². The number of rotatable bonds is 3. The van der Waals surface area contributed by atoms with Crippen molar-refractivity contribution < 1.29 is 19.4 Å². The molecule has 0 aliphatic carbocycles. The first-order valence-electron chi connectivity index (χ1n) is 6.86. The number of carbonyl (C=O) groups is 2. The van der Waals surface area contributed by atoms with Gasteiger partial charge in [0.15, 0.2) is 0 Å². The van der Waals surface area contributed by atoms with Gasteiger partial charge in [-0.25, -0.2) is 0 Å². The molecule has 1 aromatic heterocycles. The summed E-state index contributed by atoms with van der Waals surface area (Å²) >= 11 is 0. The monoisotopic (exact) mass is 285 g/mol. The van der Waals surface area contributed by atoms with E-state index >= 15 is 0 Å². The maximum absolute atomic E-state index is 12.6. The fourth-order valence-electron chi connectivity index (χ4n) is 3.69. The van der Waals surface area contributed by atoms with Crippen LogP contribution in [0.2, 0.25) is 0 Å². The summed E-state index contributed by atoms with van der Waals surface area (Å²) in [4.78, 5) is 29.6. The summed E-state index contributed by atoms with van der Waals surface area (Å²) in [5.74, 6) is -2.96. The summed E-state index contributed by atoms with van der Waals surface area (Å²) in [6, 6.07) is 3.69. The van der Waals surface area contributed by atoms with Gasteiger partial charge in [0, 0.05) is 30.8 Å². The van der Waals surface area contributed by atoms with E-state index in [1.165, 1.54) is 0 Å². The molecule has 0 N–H and O–H groups in total. The average molecular weight is 285 g/mol. The lowest BCUT2D eigenvalue weighted by Gasteiger charge is -2.24. The third kappa shape index (κ3) is 1.65. The van der Waals surface area contributed by atoms with Crippen molar-refractivity contribution in [2.45, 2.75) is 18.2 Å². The number of amides is 1. The SMILES string of the molecule is O=C([O-])[C@H]1[C@@H]2C=C[C@]3(CN(Cc4cccnc4)C(=O)[C@H]13)O2. The first-order chi connectivity index (χ1) is 10.1. The van der Waals surface area contributed by atoms with Gasteiger partial charge in [0.1, 0.15) is 5.60 Å². The Morgan fingerprint density at radius 3 is 3.14 bits per heavy atom. The molecular formula is C15H13N2O4-. The zero-order valence-corrected chi connectivity index (χ0v) is 11.1. The summed E-state index contributed by atoms with van der Waals surface area (Å²) in [6.07, 6.45) is 6.40. The standard InChI is InChI=1S/C15H14N2O4/c18-13-12-11(14(19)20)10-3-4-15(12,21-10)8-17(13)7-9-2-1-5-16-6-9/h1-6,10-12H,7-8H2,(H,19,20)/p-1/t10-,11-,12-,15+/m0/s1. The molecule has 6 heteroatoms. The summed E-state index contributed by atoms with van der Waals surface area (Å²) in [6.45, 7) is 0.786. The van der Waals surface area contributed by atoms with Crippen LogP contribution in [0.5, 0.6) is 0 Å². The number of ether oxygens (including phenoxy) is 1. The van der Waals surface area contributed by atoms with E-state index in [1.807, 2.05) is 12.1 Å². The molecule has 2 fully saturated rings. The van der Waals surface area contributed by atoms with E-state index in [1.54, 1.807) is 29.4 Å². The van der Waals surface area contributed by atoms with Crippen molar-refractivity contribution in [3.63, 3.8) is 0 Å². The number of carboxylic acid groups (broad SMARTS) is 1. The zero-order valence-electron chi connectivity index (χ0n) is 11.1.